The van der Waals surface area contributed by atoms with Crippen molar-refractivity contribution in [3.05, 3.63) is 24.4 Å². The molecule has 0 aromatic carbocycles. The second-order valence-electron chi connectivity index (χ2n) is 3.69. The maximum Gasteiger partial charge on any atom is 0.214 e. The minimum atomic E-state index is -0.333. The van der Waals surface area contributed by atoms with Gasteiger partial charge in [-0.2, -0.15) is 0 Å². The molecule has 0 aliphatic carbocycles. The van der Waals surface area contributed by atoms with Gasteiger partial charge < -0.3 is 10.7 Å². The third-order valence-corrected chi connectivity index (χ3v) is 1.93. The molecular weight excluding hydrogens is 202 g/mol. The van der Waals surface area contributed by atoms with E-state index in [0.717, 1.165) is 17.0 Å². The van der Waals surface area contributed by atoms with Crippen molar-refractivity contribution < 1.29 is 7.65 Å². The fourth-order valence-corrected chi connectivity index (χ4v) is 1.06. The summed E-state index contributed by atoms with van der Waals surface area (Å²) in [5.74, 6) is 0.926. The molecule has 1 aromatic heterocycles. The number of nitrogens with zero attached hydrogens (tertiary/aromatic N) is 1. The van der Waals surface area contributed by atoms with E-state index >= 15 is 0 Å². The zero-order valence-corrected chi connectivity index (χ0v) is 10.1. The predicted molar refractivity (Wildman–Crippen MR) is 73.0 cm³/mol. The van der Waals surface area contributed by atoms with Gasteiger partial charge in [0.05, 0.1) is 0 Å². The lowest BCUT2D eigenvalue weighted by Crippen LogP contribution is -2.01. The molecule has 0 atom stereocenters. The molecule has 0 aliphatic heterocycles. The molecule has 92 valence electrons. The molecular formula is C12H23N3O. The van der Waals surface area contributed by atoms with Gasteiger partial charge in [0, 0.05) is 21.5 Å². The first-order valence-electron chi connectivity index (χ1n) is 4.99. The summed E-state index contributed by atoms with van der Waals surface area (Å²) in [7, 11) is 0. The van der Waals surface area contributed by atoms with Crippen LogP contribution < -0.4 is 5.73 Å². The van der Waals surface area contributed by atoms with Crippen LogP contribution in [0.2, 0.25) is 0 Å². The largest absolute Gasteiger partial charge is 0.370 e. The molecule has 0 spiro atoms. The molecule has 0 saturated carbocycles. The summed E-state index contributed by atoms with van der Waals surface area (Å²) in [6, 6.07) is 1.98. The standard InChI is InChI=1S/C10H14N2.C2H5NO.2H2/c1-7(2)8(3)9-5-6-12-10(9)11-4;1-2(3)4;;/h5-7,12H,3-4H2,1-2H3;1H3,(H2,3,4);2*1H. The third-order valence-electron chi connectivity index (χ3n) is 1.93. The molecule has 0 saturated heterocycles. The van der Waals surface area contributed by atoms with Gasteiger partial charge in [-0.1, -0.05) is 20.4 Å². The highest BCUT2D eigenvalue weighted by Crippen LogP contribution is 2.28. The SMILES string of the molecule is C=Nc1[nH]ccc1C(=C)C(C)C.CC(N)=O.[HH].[HH]. The lowest BCUT2D eigenvalue weighted by molar-refractivity contribution is -0.115. The number of aliphatic imine (C=N–C) groups is 1. The highest BCUT2D eigenvalue weighted by atomic mass is 16.1. The molecule has 1 aromatic rings. The maximum atomic E-state index is 9.22. The van der Waals surface area contributed by atoms with Crippen LogP contribution >= 0.6 is 0 Å². The van der Waals surface area contributed by atoms with E-state index in [1.54, 1.807) is 0 Å². The predicted octanol–water partition coefficient (Wildman–Crippen LogP) is 3.00. The highest BCUT2D eigenvalue weighted by Gasteiger charge is 2.08. The second kappa shape index (κ2) is 6.61. The molecule has 16 heavy (non-hydrogen) atoms. The van der Waals surface area contributed by atoms with Crippen LogP contribution in [0.4, 0.5) is 5.82 Å². The number of nitrogens with two attached hydrogens (primary N) is 1. The number of rotatable bonds is 3. The van der Waals surface area contributed by atoms with E-state index in [2.05, 4.69) is 42.9 Å². The smallest absolute Gasteiger partial charge is 0.214 e. The number of primary amides is 1. The Hall–Kier alpha value is -1.84. The molecule has 0 radical (unpaired) electrons. The Labute approximate surface area is 99.2 Å². The summed E-state index contributed by atoms with van der Waals surface area (Å²) in [6.45, 7) is 13.0. The molecule has 1 amide bonds. The molecule has 1 rings (SSSR count). The minimum absolute atomic E-state index is 0. The van der Waals surface area contributed by atoms with Crippen LogP contribution in [-0.2, 0) is 4.79 Å². The molecule has 0 aliphatic rings. The summed E-state index contributed by atoms with van der Waals surface area (Å²) in [4.78, 5) is 16.1. The van der Waals surface area contributed by atoms with Crippen molar-refractivity contribution in [1.82, 2.24) is 4.98 Å². The Morgan fingerprint density at radius 1 is 1.62 bits per heavy atom. The number of carbonyl (C=O) groups excluding carboxylic acids is 1. The topological polar surface area (TPSA) is 71.2 Å². The summed E-state index contributed by atoms with van der Waals surface area (Å²) in [5.41, 5.74) is 6.64. The minimum Gasteiger partial charge on any atom is -0.370 e. The van der Waals surface area contributed by atoms with Crippen molar-refractivity contribution in [3.63, 3.8) is 0 Å². The number of carbonyl (C=O) groups is 1. The van der Waals surface area contributed by atoms with Gasteiger partial charge in [-0.3, -0.25) is 4.79 Å². The Balaban J connectivity index is -0.000000332. The van der Waals surface area contributed by atoms with Gasteiger partial charge in [0.25, 0.3) is 0 Å². The molecule has 1 heterocycles. The average Bonchev–Trinajstić information content (AvgIpc) is 2.62. The van der Waals surface area contributed by atoms with Crippen LogP contribution in [0, 0.1) is 5.92 Å². The van der Waals surface area contributed by atoms with Crippen molar-refractivity contribution >= 4 is 24.0 Å². The molecule has 0 fully saturated rings. The zero-order valence-electron chi connectivity index (χ0n) is 10.1. The van der Waals surface area contributed by atoms with Crippen LogP contribution in [0.15, 0.2) is 23.8 Å². The van der Waals surface area contributed by atoms with E-state index < -0.39 is 0 Å². The Kier molecular flexibility index (Phi) is 5.85. The van der Waals surface area contributed by atoms with Gasteiger partial charge in [0.2, 0.25) is 5.91 Å². The van der Waals surface area contributed by atoms with Crippen LogP contribution in [0.3, 0.4) is 0 Å². The van der Waals surface area contributed by atoms with Crippen molar-refractivity contribution in [3.8, 4) is 0 Å². The first kappa shape index (κ1) is 14.2. The van der Waals surface area contributed by atoms with E-state index in [1.807, 2.05) is 12.3 Å². The van der Waals surface area contributed by atoms with Crippen molar-refractivity contribution in [2.45, 2.75) is 20.8 Å². The van der Waals surface area contributed by atoms with E-state index in [1.165, 1.54) is 6.92 Å². The van der Waals surface area contributed by atoms with Gasteiger partial charge in [-0.05, 0) is 24.3 Å². The molecule has 4 nitrogen and oxygen atoms in total. The van der Waals surface area contributed by atoms with E-state index in [0.29, 0.717) is 5.92 Å². The lowest BCUT2D eigenvalue weighted by atomic mass is 9.99. The zero-order chi connectivity index (χ0) is 12.7. The number of nitrogens with one attached hydrogen (secondary N) is 1. The van der Waals surface area contributed by atoms with E-state index in [-0.39, 0.29) is 8.76 Å². The highest BCUT2D eigenvalue weighted by molar-refractivity contribution is 5.73. The quantitative estimate of drug-likeness (QED) is 0.763. The van der Waals surface area contributed by atoms with Crippen LogP contribution in [-0.4, -0.2) is 17.6 Å². The van der Waals surface area contributed by atoms with Gasteiger partial charge in [-0.25, -0.2) is 4.99 Å². The first-order valence-corrected chi connectivity index (χ1v) is 4.99. The summed E-state index contributed by atoms with van der Waals surface area (Å²) < 4.78 is 0. The fourth-order valence-electron chi connectivity index (χ4n) is 1.06. The number of aromatic nitrogens is 1. The number of amides is 1. The average molecular weight is 225 g/mol. The molecule has 3 N–H and O–H groups in total. The summed E-state index contributed by atoms with van der Waals surface area (Å²) in [6.07, 6.45) is 1.85. The normalized spacial score (nSPS) is 9.25. The van der Waals surface area contributed by atoms with Gasteiger partial charge in [0.1, 0.15) is 5.82 Å². The summed E-state index contributed by atoms with van der Waals surface area (Å²) >= 11 is 0. The molecule has 0 unspecified atom stereocenters. The maximum absolute atomic E-state index is 9.22. The Morgan fingerprint density at radius 3 is 2.50 bits per heavy atom. The lowest BCUT2D eigenvalue weighted by Gasteiger charge is -2.07. The van der Waals surface area contributed by atoms with Crippen LogP contribution in [0.5, 0.6) is 0 Å². The number of hydrogen-bond donors (Lipinski definition) is 2. The van der Waals surface area contributed by atoms with E-state index in [4.69, 9.17) is 0 Å². The molecule has 4 heteroatoms. The third kappa shape index (κ3) is 4.59. The van der Waals surface area contributed by atoms with Crippen LogP contribution in [0.1, 0.15) is 29.2 Å². The van der Waals surface area contributed by atoms with Crippen molar-refractivity contribution in [2.75, 3.05) is 0 Å². The Morgan fingerprint density at radius 2 is 2.12 bits per heavy atom. The van der Waals surface area contributed by atoms with Crippen molar-refractivity contribution in [1.29, 1.82) is 0 Å². The number of hydrogen-bond acceptors (Lipinski definition) is 2. The Bertz CT molecular complexity index is 382. The summed E-state index contributed by atoms with van der Waals surface area (Å²) in [5, 5.41) is 0. The van der Waals surface area contributed by atoms with Crippen LogP contribution in [0.25, 0.3) is 5.57 Å². The number of H-pyrrole nitrogens is 1. The molecule has 0 bridgehead atoms. The fraction of sp³-hybridized carbons (Fsp3) is 0.333. The van der Waals surface area contributed by atoms with Gasteiger partial charge in [-0.15, -0.1) is 0 Å². The van der Waals surface area contributed by atoms with Gasteiger partial charge >= 0.3 is 0 Å². The second-order valence-corrected chi connectivity index (χ2v) is 3.69. The monoisotopic (exact) mass is 225 g/mol. The van der Waals surface area contributed by atoms with Gasteiger partial charge in [0.15, 0.2) is 0 Å². The number of aromatic amines is 1. The number of allylic oxidation sites excluding steroid dienone is 1. The first-order chi connectivity index (χ1) is 7.40. The van der Waals surface area contributed by atoms with E-state index in [9.17, 15) is 4.79 Å². The van der Waals surface area contributed by atoms with Crippen molar-refractivity contribution in [2.24, 2.45) is 16.6 Å².